The fourth-order valence-corrected chi connectivity index (χ4v) is 2.60. The van der Waals surface area contributed by atoms with Crippen LogP contribution in [0, 0.1) is 0 Å². The molecule has 0 saturated heterocycles. The first-order valence-electron chi connectivity index (χ1n) is 7.50. The van der Waals surface area contributed by atoms with Crippen LogP contribution in [0.4, 0.5) is 11.4 Å². The first-order chi connectivity index (χ1) is 12.6. The molecule has 0 aromatic heterocycles. The number of ether oxygens (including phenoxy) is 2. The van der Waals surface area contributed by atoms with Gasteiger partial charge in [0.25, 0.3) is 0 Å². The highest BCUT2D eigenvalue weighted by Crippen LogP contribution is 2.36. The topological polar surface area (TPSA) is 169 Å². The maximum atomic E-state index is 10.9. The monoisotopic (exact) mass is 395 g/mol. The maximum absolute atomic E-state index is 10.9. The van der Waals surface area contributed by atoms with E-state index in [9.17, 15) is 8.42 Å². The van der Waals surface area contributed by atoms with E-state index in [1.54, 1.807) is 24.3 Å². The number of anilines is 2. The molecular formula is C16H21N5O5S. The van der Waals surface area contributed by atoms with Gasteiger partial charge >= 0.3 is 10.3 Å². The molecule has 146 valence electrons. The second-order valence-electron chi connectivity index (χ2n) is 5.35. The van der Waals surface area contributed by atoms with Gasteiger partial charge in [0.05, 0.1) is 31.3 Å². The van der Waals surface area contributed by atoms with Gasteiger partial charge in [-0.25, -0.2) is 5.84 Å². The summed E-state index contributed by atoms with van der Waals surface area (Å²) in [6, 6.07) is 9.18. The van der Waals surface area contributed by atoms with Gasteiger partial charge in [-0.05, 0) is 29.8 Å². The number of hydrogen-bond acceptors (Lipinski definition) is 9. The summed E-state index contributed by atoms with van der Waals surface area (Å²) in [7, 11) is -1.11. The van der Waals surface area contributed by atoms with Crippen LogP contribution in [0.2, 0.25) is 0 Å². The zero-order chi connectivity index (χ0) is 20.2. The van der Waals surface area contributed by atoms with Crippen LogP contribution < -0.4 is 41.1 Å². The molecule has 0 aliphatic rings. The van der Waals surface area contributed by atoms with E-state index in [-0.39, 0.29) is 5.75 Å². The van der Waals surface area contributed by atoms with Crippen LogP contribution in [0.15, 0.2) is 42.6 Å². The largest absolute Gasteiger partial charge is 0.497 e. The predicted molar refractivity (Wildman–Crippen MR) is 103 cm³/mol. The molecule has 0 unspecified atom stereocenters. The van der Waals surface area contributed by atoms with Crippen LogP contribution in [-0.2, 0) is 10.3 Å². The Bertz CT molecular complexity index is 944. The first kappa shape index (κ1) is 20.2. The molecule has 0 spiro atoms. The van der Waals surface area contributed by atoms with Crippen LogP contribution in [0.5, 0.6) is 17.2 Å². The Hall–Kier alpha value is -3.15. The van der Waals surface area contributed by atoms with Crippen molar-refractivity contribution in [2.45, 2.75) is 0 Å². The molecule has 2 aromatic rings. The predicted octanol–water partition coefficient (Wildman–Crippen LogP) is 0.506. The van der Waals surface area contributed by atoms with E-state index < -0.39 is 10.3 Å². The SMILES string of the molecule is COc1cc(OC)c(N)c(N(N)/C=C(\N)c2ccc(OS(N)(=O)=O)cc2)c1. The zero-order valence-corrected chi connectivity index (χ0v) is 15.6. The lowest BCUT2D eigenvalue weighted by Gasteiger charge is -2.20. The van der Waals surface area contributed by atoms with E-state index in [1.165, 1.54) is 37.6 Å². The van der Waals surface area contributed by atoms with Gasteiger partial charge < -0.3 is 25.1 Å². The molecule has 2 rings (SSSR count). The van der Waals surface area contributed by atoms with Gasteiger partial charge in [0.1, 0.15) is 17.2 Å². The smallest absolute Gasteiger partial charge is 0.380 e. The summed E-state index contributed by atoms with van der Waals surface area (Å²) in [5.74, 6) is 7.02. The number of methoxy groups -OCH3 is 2. The highest BCUT2D eigenvalue weighted by atomic mass is 32.2. The quantitative estimate of drug-likeness (QED) is 0.296. The van der Waals surface area contributed by atoms with Crippen molar-refractivity contribution in [1.82, 2.24) is 0 Å². The fourth-order valence-electron chi connectivity index (χ4n) is 2.22. The lowest BCUT2D eigenvalue weighted by Crippen LogP contribution is -2.26. The molecule has 0 aliphatic heterocycles. The third kappa shape index (κ3) is 5.17. The average Bonchev–Trinajstić information content (AvgIpc) is 2.61. The second kappa shape index (κ2) is 8.03. The lowest BCUT2D eigenvalue weighted by molar-refractivity contribution is 0.396. The highest BCUT2D eigenvalue weighted by molar-refractivity contribution is 7.84. The van der Waals surface area contributed by atoms with E-state index in [0.29, 0.717) is 34.1 Å². The number of hydrogen-bond donors (Lipinski definition) is 4. The third-order valence-electron chi connectivity index (χ3n) is 3.51. The number of benzene rings is 2. The molecule has 0 aliphatic carbocycles. The molecule has 0 saturated carbocycles. The number of nitrogens with two attached hydrogens (primary N) is 4. The van der Waals surface area contributed by atoms with Gasteiger partial charge in [0.15, 0.2) is 0 Å². The van der Waals surface area contributed by atoms with Crippen molar-refractivity contribution in [3.8, 4) is 17.2 Å². The van der Waals surface area contributed by atoms with Gasteiger partial charge in [-0.1, -0.05) is 0 Å². The Morgan fingerprint density at radius 1 is 1.07 bits per heavy atom. The number of nitrogen functional groups attached to an aromatic ring is 1. The van der Waals surface area contributed by atoms with E-state index in [4.69, 9.17) is 31.9 Å². The van der Waals surface area contributed by atoms with Crippen LogP contribution >= 0.6 is 0 Å². The van der Waals surface area contributed by atoms with Crippen LogP contribution in [-0.4, -0.2) is 22.6 Å². The molecule has 0 atom stereocenters. The van der Waals surface area contributed by atoms with Crippen molar-refractivity contribution in [2.24, 2.45) is 16.7 Å². The molecule has 27 heavy (non-hydrogen) atoms. The van der Waals surface area contributed by atoms with Gasteiger partial charge in [-0.15, -0.1) is 0 Å². The summed E-state index contributed by atoms with van der Waals surface area (Å²) in [6.45, 7) is 0. The molecule has 11 heteroatoms. The van der Waals surface area contributed by atoms with Gasteiger partial charge in [0.2, 0.25) is 0 Å². The van der Waals surface area contributed by atoms with Crippen LogP contribution in [0.1, 0.15) is 5.56 Å². The summed E-state index contributed by atoms with van der Waals surface area (Å²) in [4.78, 5) is 0. The molecule has 2 aromatic carbocycles. The van der Waals surface area contributed by atoms with Gasteiger partial charge in [-0.2, -0.15) is 13.6 Å². The van der Waals surface area contributed by atoms with E-state index in [0.717, 1.165) is 0 Å². The van der Waals surface area contributed by atoms with Crippen molar-refractivity contribution in [1.29, 1.82) is 0 Å². The molecule has 10 nitrogen and oxygen atoms in total. The Balaban J connectivity index is 2.30. The van der Waals surface area contributed by atoms with Crippen molar-refractivity contribution in [2.75, 3.05) is 25.0 Å². The summed E-state index contributed by atoms with van der Waals surface area (Å²) in [5, 5.41) is 6.04. The van der Waals surface area contributed by atoms with E-state index >= 15 is 0 Å². The number of nitrogens with zero attached hydrogens (tertiary/aromatic N) is 1. The summed E-state index contributed by atoms with van der Waals surface area (Å²) in [6.07, 6.45) is 1.44. The van der Waals surface area contributed by atoms with E-state index in [1.807, 2.05) is 0 Å². The normalized spacial score (nSPS) is 11.8. The minimum absolute atomic E-state index is 0.0560. The third-order valence-corrected chi connectivity index (χ3v) is 3.93. The minimum Gasteiger partial charge on any atom is -0.497 e. The molecule has 0 fully saturated rings. The van der Waals surface area contributed by atoms with Crippen LogP contribution in [0.25, 0.3) is 5.70 Å². The van der Waals surface area contributed by atoms with Gasteiger partial charge in [0, 0.05) is 18.3 Å². The number of hydrazine groups is 1. The van der Waals surface area contributed by atoms with Gasteiger partial charge in [-0.3, -0.25) is 5.01 Å². The van der Waals surface area contributed by atoms with Crippen LogP contribution in [0.3, 0.4) is 0 Å². The molecule has 0 bridgehead atoms. The van der Waals surface area contributed by atoms with Crippen molar-refractivity contribution in [3.63, 3.8) is 0 Å². The van der Waals surface area contributed by atoms with Crippen molar-refractivity contribution in [3.05, 3.63) is 48.2 Å². The molecule has 8 N–H and O–H groups in total. The Morgan fingerprint density at radius 2 is 1.70 bits per heavy atom. The molecule has 0 radical (unpaired) electrons. The number of rotatable bonds is 7. The second-order valence-corrected chi connectivity index (χ2v) is 6.51. The fraction of sp³-hybridized carbons (Fsp3) is 0.125. The lowest BCUT2D eigenvalue weighted by atomic mass is 10.1. The molecule has 0 heterocycles. The average molecular weight is 395 g/mol. The van der Waals surface area contributed by atoms with Crippen molar-refractivity contribution < 1.29 is 22.1 Å². The van der Waals surface area contributed by atoms with E-state index in [2.05, 4.69) is 4.18 Å². The highest BCUT2D eigenvalue weighted by Gasteiger charge is 2.13. The zero-order valence-electron chi connectivity index (χ0n) is 14.7. The Morgan fingerprint density at radius 3 is 2.22 bits per heavy atom. The molecule has 0 amide bonds. The summed E-state index contributed by atoms with van der Waals surface area (Å²) in [5.41, 5.74) is 13.7. The Labute approximate surface area is 157 Å². The first-order valence-corrected chi connectivity index (χ1v) is 8.97. The maximum Gasteiger partial charge on any atom is 0.380 e. The summed E-state index contributed by atoms with van der Waals surface area (Å²) < 4.78 is 36.8. The standard InChI is InChI=1S/C16H21N5O5S/c1-24-12-7-14(16(18)15(8-12)25-2)21(19)9-13(17)10-3-5-11(6-4-10)26-27(20,22)23/h3-9H,17-19H2,1-2H3,(H2,20,22,23)/b13-9-. The van der Waals surface area contributed by atoms with Crippen molar-refractivity contribution >= 4 is 27.4 Å². The molecular weight excluding hydrogens is 374 g/mol. The Kier molecular flexibility index (Phi) is 6.00. The minimum atomic E-state index is -4.10. The summed E-state index contributed by atoms with van der Waals surface area (Å²) >= 11 is 0.